The molecule has 0 aliphatic carbocycles. The molecule has 0 saturated carbocycles. The molecule has 1 rings (SSSR count). The molecule has 0 spiro atoms. The SMILES string of the molecule is [B]N1CCN(CC(C)(CCC)CCCC)CC1. The van der Waals surface area contributed by atoms with Gasteiger partial charge >= 0.3 is 0 Å². The average Bonchev–Trinajstić information content (AvgIpc) is 2.30. The van der Waals surface area contributed by atoms with Crippen molar-refractivity contribution in [2.24, 2.45) is 5.41 Å². The second-order valence-corrected chi connectivity index (χ2v) is 5.98. The summed E-state index contributed by atoms with van der Waals surface area (Å²) in [5.41, 5.74) is 0.515. The first kappa shape index (κ1) is 15.0. The number of rotatable bonds is 7. The molecule has 1 unspecified atom stereocenters. The molecule has 0 N–H and O–H groups in total. The molecular weight excluding hydrogens is 207 g/mol. The number of unbranched alkanes of at least 4 members (excludes halogenated alkanes) is 1. The molecule has 0 aromatic rings. The summed E-state index contributed by atoms with van der Waals surface area (Å²) in [5.74, 6) is 0. The Morgan fingerprint density at radius 2 is 1.65 bits per heavy atom. The second-order valence-electron chi connectivity index (χ2n) is 5.98. The van der Waals surface area contributed by atoms with Gasteiger partial charge in [0.25, 0.3) is 0 Å². The first-order valence-corrected chi connectivity index (χ1v) is 7.31. The van der Waals surface area contributed by atoms with Crippen LogP contribution in [0.1, 0.15) is 52.9 Å². The van der Waals surface area contributed by atoms with E-state index in [0.717, 1.165) is 26.2 Å². The van der Waals surface area contributed by atoms with Gasteiger partial charge in [0.05, 0.1) is 0 Å². The highest BCUT2D eigenvalue weighted by Crippen LogP contribution is 2.31. The summed E-state index contributed by atoms with van der Waals surface area (Å²) in [6.07, 6.45) is 6.72. The summed E-state index contributed by atoms with van der Waals surface area (Å²) in [6, 6.07) is 0. The molecule has 1 heterocycles. The lowest BCUT2D eigenvalue weighted by atomic mass is 9.80. The molecule has 0 aromatic heterocycles. The summed E-state index contributed by atoms with van der Waals surface area (Å²) >= 11 is 0. The van der Waals surface area contributed by atoms with Crippen molar-refractivity contribution in [3.8, 4) is 0 Å². The van der Waals surface area contributed by atoms with Crippen molar-refractivity contribution in [3.05, 3.63) is 0 Å². The fraction of sp³-hybridized carbons (Fsp3) is 1.00. The Morgan fingerprint density at radius 3 is 2.18 bits per heavy atom. The molecule has 0 amide bonds. The Bertz CT molecular complexity index is 202. The summed E-state index contributed by atoms with van der Waals surface area (Å²) in [7, 11) is 5.81. The van der Waals surface area contributed by atoms with Crippen LogP contribution in [0.15, 0.2) is 0 Å². The van der Waals surface area contributed by atoms with Crippen LogP contribution in [0, 0.1) is 5.41 Å². The third-order valence-corrected chi connectivity index (χ3v) is 4.00. The van der Waals surface area contributed by atoms with Crippen LogP contribution in [0.3, 0.4) is 0 Å². The van der Waals surface area contributed by atoms with E-state index in [1.807, 2.05) is 4.81 Å². The van der Waals surface area contributed by atoms with E-state index in [0.29, 0.717) is 5.41 Å². The molecule has 1 saturated heterocycles. The standard InChI is InChI=1S/C14H29BN2/c1-4-6-8-14(3,7-5-2)13-16-9-11-17(15)12-10-16/h4-13H2,1-3H3. The number of piperazine rings is 1. The van der Waals surface area contributed by atoms with Gasteiger partial charge in [0, 0.05) is 19.6 Å². The minimum atomic E-state index is 0.515. The molecule has 2 radical (unpaired) electrons. The Balaban J connectivity index is 2.41. The highest BCUT2D eigenvalue weighted by Gasteiger charge is 2.26. The number of hydrogen-bond acceptors (Lipinski definition) is 2. The largest absolute Gasteiger partial charge is 0.351 e. The van der Waals surface area contributed by atoms with Crippen molar-refractivity contribution in [1.29, 1.82) is 0 Å². The van der Waals surface area contributed by atoms with Gasteiger partial charge in [0.15, 0.2) is 7.98 Å². The van der Waals surface area contributed by atoms with Gasteiger partial charge < -0.3 is 9.71 Å². The van der Waals surface area contributed by atoms with Crippen LogP contribution in [-0.4, -0.2) is 50.4 Å². The van der Waals surface area contributed by atoms with E-state index in [1.54, 1.807) is 0 Å². The zero-order valence-electron chi connectivity index (χ0n) is 12.0. The fourth-order valence-electron chi connectivity index (χ4n) is 2.95. The quantitative estimate of drug-likeness (QED) is 0.627. The maximum atomic E-state index is 5.81. The third-order valence-electron chi connectivity index (χ3n) is 4.00. The molecule has 3 heteroatoms. The molecule has 17 heavy (non-hydrogen) atoms. The molecule has 1 aliphatic rings. The van der Waals surface area contributed by atoms with Crippen molar-refractivity contribution in [2.75, 3.05) is 32.7 Å². The van der Waals surface area contributed by atoms with Gasteiger partial charge in [0.1, 0.15) is 0 Å². The highest BCUT2D eigenvalue weighted by atomic mass is 15.2. The van der Waals surface area contributed by atoms with Crippen LogP contribution < -0.4 is 0 Å². The van der Waals surface area contributed by atoms with Crippen molar-refractivity contribution < 1.29 is 0 Å². The molecule has 0 bridgehead atoms. The smallest absolute Gasteiger partial charge is 0.182 e. The lowest BCUT2D eigenvalue weighted by Gasteiger charge is -2.40. The minimum absolute atomic E-state index is 0.515. The predicted molar refractivity (Wildman–Crippen MR) is 76.3 cm³/mol. The van der Waals surface area contributed by atoms with E-state index in [9.17, 15) is 0 Å². The summed E-state index contributed by atoms with van der Waals surface area (Å²) in [4.78, 5) is 4.55. The Morgan fingerprint density at radius 1 is 1.00 bits per heavy atom. The van der Waals surface area contributed by atoms with Crippen LogP contribution in [-0.2, 0) is 0 Å². The van der Waals surface area contributed by atoms with Gasteiger partial charge in [-0.1, -0.05) is 40.0 Å². The molecular formula is C14H29BN2. The van der Waals surface area contributed by atoms with Gasteiger partial charge in [-0.3, -0.25) is 0 Å². The maximum absolute atomic E-state index is 5.81. The topological polar surface area (TPSA) is 6.48 Å². The van der Waals surface area contributed by atoms with Crippen LogP contribution in [0.25, 0.3) is 0 Å². The summed E-state index contributed by atoms with van der Waals surface area (Å²) in [6.45, 7) is 12.7. The van der Waals surface area contributed by atoms with Crippen molar-refractivity contribution in [1.82, 2.24) is 9.71 Å². The van der Waals surface area contributed by atoms with E-state index in [4.69, 9.17) is 7.98 Å². The third kappa shape index (κ3) is 5.43. The number of nitrogens with zero attached hydrogens (tertiary/aromatic N) is 2. The van der Waals surface area contributed by atoms with E-state index >= 15 is 0 Å². The molecule has 98 valence electrons. The van der Waals surface area contributed by atoms with Crippen LogP contribution in [0.4, 0.5) is 0 Å². The highest BCUT2D eigenvalue weighted by molar-refractivity contribution is 6.04. The normalized spacial score (nSPS) is 22.5. The lowest BCUT2D eigenvalue weighted by molar-refractivity contribution is 0.109. The van der Waals surface area contributed by atoms with Crippen LogP contribution >= 0.6 is 0 Å². The number of hydrogen-bond donors (Lipinski definition) is 0. The van der Waals surface area contributed by atoms with E-state index in [-0.39, 0.29) is 0 Å². The van der Waals surface area contributed by atoms with Crippen LogP contribution in [0.2, 0.25) is 0 Å². The zero-order valence-corrected chi connectivity index (χ0v) is 12.0. The minimum Gasteiger partial charge on any atom is -0.351 e. The van der Waals surface area contributed by atoms with Gasteiger partial charge in [-0.2, -0.15) is 0 Å². The second kappa shape index (κ2) is 7.43. The first-order valence-electron chi connectivity index (χ1n) is 7.31. The molecule has 1 aliphatic heterocycles. The summed E-state index contributed by atoms with van der Waals surface area (Å²) in [5, 5.41) is 0. The van der Waals surface area contributed by atoms with Gasteiger partial charge in [-0.25, -0.2) is 0 Å². The Kier molecular flexibility index (Phi) is 6.57. The first-order chi connectivity index (χ1) is 8.09. The van der Waals surface area contributed by atoms with E-state index in [1.165, 1.54) is 38.6 Å². The van der Waals surface area contributed by atoms with Crippen molar-refractivity contribution in [2.45, 2.75) is 52.9 Å². The van der Waals surface area contributed by atoms with Crippen LogP contribution in [0.5, 0.6) is 0 Å². The van der Waals surface area contributed by atoms with Gasteiger partial charge in [-0.15, -0.1) is 0 Å². The molecule has 2 nitrogen and oxygen atoms in total. The maximum Gasteiger partial charge on any atom is 0.182 e. The van der Waals surface area contributed by atoms with Crippen molar-refractivity contribution >= 4 is 7.98 Å². The van der Waals surface area contributed by atoms with Crippen molar-refractivity contribution in [3.63, 3.8) is 0 Å². The molecule has 1 atom stereocenters. The average molecular weight is 236 g/mol. The van der Waals surface area contributed by atoms with E-state index < -0.39 is 0 Å². The molecule has 1 fully saturated rings. The summed E-state index contributed by atoms with van der Waals surface area (Å²) < 4.78 is 0. The van der Waals surface area contributed by atoms with Gasteiger partial charge in [0.2, 0.25) is 0 Å². The molecule has 0 aromatic carbocycles. The van der Waals surface area contributed by atoms with E-state index in [2.05, 4.69) is 25.7 Å². The van der Waals surface area contributed by atoms with Gasteiger partial charge in [-0.05, 0) is 31.3 Å². The predicted octanol–water partition coefficient (Wildman–Crippen LogP) is 2.68. The lowest BCUT2D eigenvalue weighted by Crippen LogP contribution is -2.48. The zero-order chi connectivity index (χ0) is 12.7. The monoisotopic (exact) mass is 236 g/mol. The Hall–Kier alpha value is -0.0151. The fourth-order valence-corrected chi connectivity index (χ4v) is 2.95. The Labute approximate surface area is 109 Å².